The molecule has 1 aromatic heterocycles. The van der Waals surface area contributed by atoms with Crippen molar-refractivity contribution in [2.45, 2.75) is 6.54 Å². The number of nitrogens with zero attached hydrogens (tertiary/aromatic N) is 2. The van der Waals surface area contributed by atoms with Crippen molar-refractivity contribution in [3.8, 4) is 5.88 Å². The molecule has 2 heterocycles. The zero-order valence-corrected chi connectivity index (χ0v) is 8.21. The molecule has 3 nitrogen and oxygen atoms in total. The third kappa shape index (κ3) is 1.92. The van der Waals surface area contributed by atoms with Crippen LogP contribution in [0, 0.1) is 0 Å². The third-order valence-corrected chi connectivity index (χ3v) is 2.27. The van der Waals surface area contributed by atoms with Crippen molar-refractivity contribution < 1.29 is 4.74 Å². The van der Waals surface area contributed by atoms with Gasteiger partial charge in [-0.1, -0.05) is 11.6 Å². The van der Waals surface area contributed by atoms with E-state index in [4.69, 9.17) is 16.3 Å². The van der Waals surface area contributed by atoms with E-state index in [0.29, 0.717) is 17.6 Å². The summed E-state index contributed by atoms with van der Waals surface area (Å²) in [7, 11) is 2.06. The highest BCUT2D eigenvalue weighted by atomic mass is 35.5. The van der Waals surface area contributed by atoms with Crippen molar-refractivity contribution in [2.24, 2.45) is 0 Å². The summed E-state index contributed by atoms with van der Waals surface area (Å²) in [6.07, 6.45) is 0. The molecule has 0 saturated heterocycles. The first-order valence-corrected chi connectivity index (χ1v) is 4.60. The van der Waals surface area contributed by atoms with Crippen molar-refractivity contribution >= 4 is 11.6 Å². The predicted molar refractivity (Wildman–Crippen MR) is 51.1 cm³/mol. The maximum absolute atomic E-state index is 5.76. The minimum Gasteiger partial charge on any atom is -0.476 e. The van der Waals surface area contributed by atoms with Crippen LogP contribution in [-0.4, -0.2) is 30.1 Å². The molecular weight excluding hydrogens is 188 g/mol. The van der Waals surface area contributed by atoms with Crippen molar-refractivity contribution in [3.05, 3.63) is 22.8 Å². The highest BCUT2D eigenvalue weighted by molar-refractivity contribution is 6.29. The molecule has 70 valence electrons. The number of hydrogen-bond acceptors (Lipinski definition) is 3. The topological polar surface area (TPSA) is 25.4 Å². The Morgan fingerprint density at radius 2 is 2.38 bits per heavy atom. The van der Waals surface area contributed by atoms with E-state index < -0.39 is 0 Å². The van der Waals surface area contributed by atoms with E-state index in [-0.39, 0.29) is 0 Å². The fraction of sp³-hybridized carbons (Fsp3) is 0.444. The first kappa shape index (κ1) is 8.78. The Balaban J connectivity index is 2.34. The van der Waals surface area contributed by atoms with Gasteiger partial charge in [0.25, 0.3) is 0 Å². The Labute approximate surface area is 82.3 Å². The lowest BCUT2D eigenvalue weighted by Crippen LogP contribution is -2.20. The summed E-state index contributed by atoms with van der Waals surface area (Å²) in [6, 6.07) is 3.76. The van der Waals surface area contributed by atoms with Gasteiger partial charge in [-0.15, -0.1) is 0 Å². The molecule has 0 amide bonds. The van der Waals surface area contributed by atoms with Gasteiger partial charge in [0.15, 0.2) is 0 Å². The van der Waals surface area contributed by atoms with Crippen LogP contribution < -0.4 is 4.74 Å². The van der Waals surface area contributed by atoms with E-state index in [0.717, 1.165) is 18.7 Å². The predicted octanol–water partition coefficient (Wildman–Crippen LogP) is 1.56. The summed E-state index contributed by atoms with van der Waals surface area (Å²) in [5.74, 6) is 0.678. The molecule has 0 aliphatic carbocycles. The van der Waals surface area contributed by atoms with E-state index in [1.54, 1.807) is 6.07 Å². The van der Waals surface area contributed by atoms with E-state index >= 15 is 0 Å². The van der Waals surface area contributed by atoms with Gasteiger partial charge in [-0.25, -0.2) is 4.98 Å². The fourth-order valence-corrected chi connectivity index (χ4v) is 1.50. The van der Waals surface area contributed by atoms with Gasteiger partial charge in [-0.3, -0.25) is 4.90 Å². The first-order chi connectivity index (χ1) is 6.25. The largest absolute Gasteiger partial charge is 0.476 e. The number of likely N-dealkylation sites (N-methyl/N-ethyl adjacent to an activating group) is 1. The zero-order valence-electron chi connectivity index (χ0n) is 7.46. The van der Waals surface area contributed by atoms with Gasteiger partial charge in [0.1, 0.15) is 11.8 Å². The Hall–Kier alpha value is -0.800. The molecule has 0 unspecified atom stereocenters. The molecule has 1 aliphatic heterocycles. The number of ether oxygens (including phenoxy) is 1. The van der Waals surface area contributed by atoms with Crippen LogP contribution in [0.2, 0.25) is 5.15 Å². The summed E-state index contributed by atoms with van der Waals surface area (Å²) < 4.78 is 5.46. The molecule has 13 heavy (non-hydrogen) atoms. The SMILES string of the molecule is CN1CCOc2nc(Cl)ccc2C1. The molecule has 1 aliphatic rings. The number of fused-ring (bicyclic) bond motifs is 1. The van der Waals surface area contributed by atoms with Gasteiger partial charge < -0.3 is 4.74 Å². The minimum atomic E-state index is 0.489. The summed E-state index contributed by atoms with van der Waals surface area (Å²) in [6.45, 7) is 2.48. The van der Waals surface area contributed by atoms with Crippen LogP contribution in [0.15, 0.2) is 12.1 Å². The Bertz CT molecular complexity index is 316. The molecule has 0 N–H and O–H groups in total. The van der Waals surface area contributed by atoms with Crippen molar-refractivity contribution in [2.75, 3.05) is 20.2 Å². The van der Waals surface area contributed by atoms with E-state index in [9.17, 15) is 0 Å². The summed E-state index contributed by atoms with van der Waals surface area (Å²) in [5, 5.41) is 0.489. The summed E-state index contributed by atoms with van der Waals surface area (Å²) in [5.41, 5.74) is 1.10. The highest BCUT2D eigenvalue weighted by Crippen LogP contribution is 2.21. The maximum atomic E-state index is 5.76. The molecule has 0 aromatic carbocycles. The molecule has 0 spiro atoms. The second-order valence-corrected chi connectivity index (χ2v) is 3.57. The quantitative estimate of drug-likeness (QED) is 0.592. The molecular formula is C9H11ClN2O. The lowest BCUT2D eigenvalue weighted by atomic mass is 10.2. The van der Waals surface area contributed by atoms with Gasteiger partial charge in [-0.05, 0) is 19.2 Å². The average molecular weight is 199 g/mol. The number of aromatic nitrogens is 1. The van der Waals surface area contributed by atoms with Crippen LogP contribution >= 0.6 is 11.6 Å². The first-order valence-electron chi connectivity index (χ1n) is 4.22. The van der Waals surface area contributed by atoms with E-state index in [1.807, 2.05) is 6.07 Å². The van der Waals surface area contributed by atoms with Crippen molar-refractivity contribution in [3.63, 3.8) is 0 Å². The molecule has 2 rings (SSSR count). The summed E-state index contributed by atoms with van der Waals surface area (Å²) >= 11 is 5.76. The van der Waals surface area contributed by atoms with Gasteiger partial charge in [0.2, 0.25) is 5.88 Å². The molecule has 1 aromatic rings. The number of hydrogen-bond donors (Lipinski definition) is 0. The lowest BCUT2D eigenvalue weighted by Gasteiger charge is -2.10. The minimum absolute atomic E-state index is 0.489. The highest BCUT2D eigenvalue weighted by Gasteiger charge is 2.13. The van der Waals surface area contributed by atoms with Gasteiger partial charge in [0, 0.05) is 18.7 Å². The van der Waals surface area contributed by atoms with Crippen LogP contribution in [0.4, 0.5) is 0 Å². The second kappa shape index (κ2) is 3.52. The van der Waals surface area contributed by atoms with Crippen LogP contribution in [0.5, 0.6) is 5.88 Å². The fourth-order valence-electron chi connectivity index (χ4n) is 1.36. The van der Waals surface area contributed by atoms with Gasteiger partial charge >= 0.3 is 0 Å². The van der Waals surface area contributed by atoms with Crippen LogP contribution in [0.25, 0.3) is 0 Å². The van der Waals surface area contributed by atoms with Gasteiger partial charge in [0.05, 0.1) is 0 Å². The molecule has 0 saturated carbocycles. The molecule has 0 fully saturated rings. The van der Waals surface area contributed by atoms with Crippen molar-refractivity contribution in [1.29, 1.82) is 0 Å². The zero-order chi connectivity index (χ0) is 9.26. The average Bonchev–Trinajstić information content (AvgIpc) is 2.25. The number of halogens is 1. The standard InChI is InChI=1S/C9H11ClN2O/c1-12-4-5-13-9-7(6-12)2-3-8(10)11-9/h2-3H,4-6H2,1H3. The Morgan fingerprint density at radius 1 is 1.54 bits per heavy atom. The second-order valence-electron chi connectivity index (χ2n) is 3.18. The summed E-state index contributed by atoms with van der Waals surface area (Å²) in [4.78, 5) is 6.32. The number of pyridine rings is 1. The Kier molecular flexibility index (Phi) is 2.38. The van der Waals surface area contributed by atoms with Crippen LogP contribution in [0.3, 0.4) is 0 Å². The lowest BCUT2D eigenvalue weighted by molar-refractivity contribution is 0.254. The smallest absolute Gasteiger partial charge is 0.219 e. The molecule has 0 bridgehead atoms. The Morgan fingerprint density at radius 3 is 3.23 bits per heavy atom. The molecule has 0 atom stereocenters. The number of rotatable bonds is 0. The van der Waals surface area contributed by atoms with Crippen molar-refractivity contribution in [1.82, 2.24) is 9.88 Å². The van der Waals surface area contributed by atoms with Crippen LogP contribution in [0.1, 0.15) is 5.56 Å². The van der Waals surface area contributed by atoms with Gasteiger partial charge in [-0.2, -0.15) is 0 Å². The third-order valence-electron chi connectivity index (χ3n) is 2.06. The molecule has 4 heteroatoms. The van der Waals surface area contributed by atoms with E-state index in [1.165, 1.54) is 0 Å². The monoisotopic (exact) mass is 198 g/mol. The normalized spacial score (nSPS) is 17.4. The van der Waals surface area contributed by atoms with Crippen LogP contribution in [-0.2, 0) is 6.54 Å². The van der Waals surface area contributed by atoms with E-state index in [2.05, 4.69) is 16.9 Å². The maximum Gasteiger partial charge on any atom is 0.219 e. The molecule has 0 radical (unpaired) electrons.